The molecular weight excluding hydrogens is 298 g/mol. The molecule has 0 radical (unpaired) electrons. The van der Waals surface area contributed by atoms with E-state index in [4.69, 9.17) is 5.11 Å². The Morgan fingerprint density at radius 1 is 1.13 bits per heavy atom. The molecule has 118 valence electrons. The Hall–Kier alpha value is -3.09. The fraction of sp³-hybridized carbons (Fsp3) is 0.188. The third-order valence-corrected chi connectivity index (χ3v) is 3.89. The zero-order chi connectivity index (χ0) is 16.4. The molecular formula is C16H15N3O4. The van der Waals surface area contributed by atoms with Gasteiger partial charge in [0.05, 0.1) is 16.3 Å². The number of nitrogens with zero attached hydrogens (tertiary/aromatic N) is 1. The molecule has 0 aromatic heterocycles. The van der Waals surface area contributed by atoms with Gasteiger partial charge in [0.1, 0.15) is 5.66 Å². The minimum atomic E-state index is -0.897. The number of carbonyl (C=O) groups is 1. The topological polar surface area (TPSA) is 104 Å². The van der Waals surface area contributed by atoms with E-state index in [9.17, 15) is 14.9 Å². The van der Waals surface area contributed by atoms with Crippen LogP contribution in [-0.2, 0) is 10.5 Å². The van der Waals surface area contributed by atoms with E-state index in [1.165, 1.54) is 12.1 Å². The minimum absolute atomic E-state index is 0.0138. The monoisotopic (exact) mass is 313 g/mol. The second-order valence-electron chi connectivity index (χ2n) is 5.40. The van der Waals surface area contributed by atoms with Crippen LogP contribution in [0.25, 0.3) is 0 Å². The third kappa shape index (κ3) is 2.80. The van der Waals surface area contributed by atoms with Crippen LogP contribution >= 0.6 is 0 Å². The highest BCUT2D eigenvalue weighted by atomic mass is 16.6. The van der Waals surface area contributed by atoms with Crippen LogP contribution in [-0.4, -0.2) is 16.0 Å². The molecule has 1 aliphatic rings. The number of non-ortho nitro benzene ring substituents is 1. The van der Waals surface area contributed by atoms with Crippen molar-refractivity contribution in [1.29, 1.82) is 0 Å². The standard InChI is InChI=1S/C16H15N3O4/c20-15(21)8-9-16(11-4-2-1-3-5-11)17-13-7-6-12(19(22)23)10-14(13)18-16/h1-7,10,17-18H,8-9H2,(H,20,21). The number of nitro benzene ring substituents is 1. The van der Waals surface area contributed by atoms with E-state index in [0.29, 0.717) is 17.8 Å². The van der Waals surface area contributed by atoms with Gasteiger partial charge in [-0.3, -0.25) is 14.9 Å². The largest absolute Gasteiger partial charge is 0.481 e. The first-order valence-corrected chi connectivity index (χ1v) is 7.12. The summed E-state index contributed by atoms with van der Waals surface area (Å²) in [4.78, 5) is 21.5. The molecule has 1 unspecified atom stereocenters. The zero-order valence-electron chi connectivity index (χ0n) is 12.2. The van der Waals surface area contributed by atoms with E-state index in [0.717, 1.165) is 5.56 Å². The number of nitro groups is 1. The molecule has 3 N–H and O–H groups in total. The van der Waals surface area contributed by atoms with Crippen LogP contribution in [0.3, 0.4) is 0 Å². The number of benzene rings is 2. The molecule has 23 heavy (non-hydrogen) atoms. The van der Waals surface area contributed by atoms with Crippen molar-refractivity contribution in [2.45, 2.75) is 18.5 Å². The van der Waals surface area contributed by atoms with Crippen molar-refractivity contribution in [2.75, 3.05) is 10.6 Å². The number of anilines is 2. The average Bonchev–Trinajstić information content (AvgIpc) is 2.92. The van der Waals surface area contributed by atoms with Crippen molar-refractivity contribution < 1.29 is 14.8 Å². The summed E-state index contributed by atoms with van der Waals surface area (Å²) in [6.45, 7) is 0. The first kappa shape index (κ1) is 14.8. The van der Waals surface area contributed by atoms with Gasteiger partial charge in [-0.1, -0.05) is 30.3 Å². The highest BCUT2D eigenvalue weighted by Crippen LogP contribution is 2.43. The van der Waals surface area contributed by atoms with Gasteiger partial charge in [-0.25, -0.2) is 0 Å². The van der Waals surface area contributed by atoms with Gasteiger partial charge in [0.2, 0.25) is 0 Å². The summed E-state index contributed by atoms with van der Waals surface area (Å²) in [7, 11) is 0. The van der Waals surface area contributed by atoms with Gasteiger partial charge in [0.25, 0.3) is 5.69 Å². The molecule has 0 amide bonds. The summed E-state index contributed by atoms with van der Waals surface area (Å²) in [6, 6.07) is 13.9. The van der Waals surface area contributed by atoms with Crippen LogP contribution in [0.15, 0.2) is 48.5 Å². The Morgan fingerprint density at radius 3 is 2.48 bits per heavy atom. The van der Waals surface area contributed by atoms with Crippen molar-refractivity contribution in [3.63, 3.8) is 0 Å². The van der Waals surface area contributed by atoms with Crippen LogP contribution in [0, 0.1) is 10.1 Å². The van der Waals surface area contributed by atoms with Crippen LogP contribution in [0.1, 0.15) is 18.4 Å². The second kappa shape index (κ2) is 5.60. The number of carboxylic acids is 1. The number of rotatable bonds is 5. The van der Waals surface area contributed by atoms with Crippen LogP contribution in [0.4, 0.5) is 17.1 Å². The summed E-state index contributed by atoms with van der Waals surface area (Å²) in [6.07, 6.45) is 0.264. The molecule has 1 aliphatic heterocycles. The zero-order valence-corrected chi connectivity index (χ0v) is 12.2. The Labute approximate surface area is 132 Å². The van der Waals surface area contributed by atoms with Gasteiger partial charge >= 0.3 is 5.97 Å². The van der Waals surface area contributed by atoms with E-state index in [2.05, 4.69) is 10.6 Å². The fourth-order valence-electron chi connectivity index (χ4n) is 2.78. The van der Waals surface area contributed by atoms with Crippen molar-refractivity contribution in [3.8, 4) is 0 Å². The molecule has 0 saturated carbocycles. The quantitative estimate of drug-likeness (QED) is 0.578. The lowest BCUT2D eigenvalue weighted by atomic mass is 9.95. The lowest BCUT2D eigenvalue weighted by Crippen LogP contribution is -2.39. The Morgan fingerprint density at radius 2 is 1.83 bits per heavy atom. The predicted molar refractivity (Wildman–Crippen MR) is 85.3 cm³/mol. The van der Waals surface area contributed by atoms with E-state index in [1.807, 2.05) is 30.3 Å². The highest BCUT2D eigenvalue weighted by molar-refractivity contribution is 5.79. The van der Waals surface area contributed by atoms with Gasteiger partial charge in [0, 0.05) is 25.0 Å². The maximum absolute atomic E-state index is 11.0. The molecule has 1 heterocycles. The van der Waals surface area contributed by atoms with Crippen molar-refractivity contribution in [3.05, 3.63) is 64.2 Å². The van der Waals surface area contributed by atoms with Gasteiger partial charge < -0.3 is 15.7 Å². The summed E-state index contributed by atoms with van der Waals surface area (Å²) < 4.78 is 0. The Bertz CT molecular complexity index is 763. The number of hydrogen-bond acceptors (Lipinski definition) is 5. The summed E-state index contributed by atoms with van der Waals surface area (Å²) in [5.41, 5.74) is 1.37. The minimum Gasteiger partial charge on any atom is -0.481 e. The Kier molecular flexibility index (Phi) is 3.61. The molecule has 0 fully saturated rings. The molecule has 3 rings (SSSR count). The first-order valence-electron chi connectivity index (χ1n) is 7.12. The number of aliphatic carboxylic acids is 1. The summed E-state index contributed by atoms with van der Waals surface area (Å²) >= 11 is 0. The lowest BCUT2D eigenvalue weighted by Gasteiger charge is -2.31. The maximum Gasteiger partial charge on any atom is 0.303 e. The van der Waals surface area contributed by atoms with Crippen molar-refractivity contribution in [1.82, 2.24) is 0 Å². The van der Waals surface area contributed by atoms with Crippen LogP contribution in [0.2, 0.25) is 0 Å². The molecule has 2 aromatic rings. The van der Waals surface area contributed by atoms with Crippen molar-refractivity contribution in [2.24, 2.45) is 0 Å². The van der Waals surface area contributed by atoms with Crippen molar-refractivity contribution >= 4 is 23.0 Å². The summed E-state index contributed by atoms with van der Waals surface area (Å²) in [5, 5.41) is 26.5. The molecule has 7 heteroatoms. The number of nitrogens with one attached hydrogen (secondary N) is 2. The molecule has 0 aliphatic carbocycles. The van der Waals surface area contributed by atoms with E-state index >= 15 is 0 Å². The first-order chi connectivity index (χ1) is 11.0. The average molecular weight is 313 g/mol. The SMILES string of the molecule is O=C(O)CCC1(c2ccccc2)Nc2ccc([N+](=O)[O-])cc2N1. The molecule has 7 nitrogen and oxygen atoms in total. The molecule has 0 saturated heterocycles. The molecule has 0 spiro atoms. The Balaban J connectivity index is 1.98. The normalized spacial score (nSPS) is 18.6. The fourth-order valence-corrected chi connectivity index (χ4v) is 2.78. The van der Waals surface area contributed by atoms with Gasteiger partial charge in [0.15, 0.2) is 0 Å². The second-order valence-corrected chi connectivity index (χ2v) is 5.40. The molecule has 0 bridgehead atoms. The van der Waals surface area contributed by atoms with E-state index in [1.54, 1.807) is 6.07 Å². The maximum atomic E-state index is 11.0. The smallest absolute Gasteiger partial charge is 0.303 e. The highest BCUT2D eigenvalue weighted by Gasteiger charge is 2.38. The predicted octanol–water partition coefficient (Wildman–Crippen LogP) is 3.15. The lowest BCUT2D eigenvalue weighted by molar-refractivity contribution is -0.384. The van der Waals surface area contributed by atoms with Gasteiger partial charge in [-0.2, -0.15) is 0 Å². The number of carboxylic acid groups (broad SMARTS) is 1. The van der Waals surface area contributed by atoms with E-state index in [-0.39, 0.29) is 12.1 Å². The van der Waals surface area contributed by atoms with Gasteiger partial charge in [-0.15, -0.1) is 0 Å². The van der Waals surface area contributed by atoms with E-state index < -0.39 is 16.6 Å². The van der Waals surface area contributed by atoms with Crippen LogP contribution < -0.4 is 10.6 Å². The summed E-state index contributed by atoms with van der Waals surface area (Å²) in [5.74, 6) is -0.897. The third-order valence-electron chi connectivity index (χ3n) is 3.89. The van der Waals surface area contributed by atoms with Crippen LogP contribution in [0.5, 0.6) is 0 Å². The van der Waals surface area contributed by atoms with Gasteiger partial charge in [-0.05, 0) is 11.6 Å². The number of hydrogen-bond donors (Lipinski definition) is 3. The molecule has 2 aromatic carbocycles. The number of fused-ring (bicyclic) bond motifs is 1. The molecule has 1 atom stereocenters.